The molecule has 24 heavy (non-hydrogen) atoms. The van der Waals surface area contributed by atoms with E-state index < -0.39 is 0 Å². The minimum atomic E-state index is -0.156. The molecule has 1 heterocycles. The van der Waals surface area contributed by atoms with E-state index in [1.165, 1.54) is 4.88 Å². The molecule has 1 aromatic heterocycles. The van der Waals surface area contributed by atoms with Gasteiger partial charge in [0.25, 0.3) is 0 Å². The van der Waals surface area contributed by atoms with Gasteiger partial charge in [-0.3, -0.25) is 0 Å². The van der Waals surface area contributed by atoms with Crippen LogP contribution in [0.15, 0.2) is 41.8 Å². The van der Waals surface area contributed by atoms with Crippen LogP contribution in [0.2, 0.25) is 0 Å². The average molecular weight is 346 g/mol. The Hall–Kier alpha value is -1.85. The highest BCUT2D eigenvalue weighted by atomic mass is 32.1. The molecule has 0 aliphatic heterocycles. The Labute approximate surface area is 148 Å². The maximum absolute atomic E-state index is 11.8. The molecule has 0 aliphatic rings. The third-order valence-electron chi connectivity index (χ3n) is 3.35. The maximum Gasteiger partial charge on any atom is 0.315 e. The van der Waals surface area contributed by atoms with E-state index in [1.54, 1.807) is 11.3 Å². The SMILES string of the molecule is CC(C)(C)OCc1cccc(CNC(=O)NCCc2cccs2)c1. The van der Waals surface area contributed by atoms with Crippen LogP contribution in [0.1, 0.15) is 36.8 Å². The summed E-state index contributed by atoms with van der Waals surface area (Å²) in [5, 5.41) is 7.82. The lowest BCUT2D eigenvalue weighted by Crippen LogP contribution is -2.36. The van der Waals surface area contributed by atoms with Gasteiger partial charge in [-0.1, -0.05) is 30.3 Å². The topological polar surface area (TPSA) is 50.4 Å². The second-order valence-electron chi connectivity index (χ2n) is 6.66. The van der Waals surface area contributed by atoms with Crippen molar-refractivity contribution in [2.45, 2.75) is 45.9 Å². The summed E-state index contributed by atoms with van der Waals surface area (Å²) in [6.45, 7) is 7.85. The molecule has 0 saturated carbocycles. The molecule has 0 bridgehead atoms. The van der Waals surface area contributed by atoms with Crippen LogP contribution in [0.5, 0.6) is 0 Å². The third-order valence-corrected chi connectivity index (χ3v) is 4.29. The molecule has 2 rings (SSSR count). The summed E-state index contributed by atoms with van der Waals surface area (Å²) < 4.78 is 5.79. The Kier molecular flexibility index (Phi) is 6.82. The third kappa shape index (κ3) is 7.15. The second-order valence-corrected chi connectivity index (χ2v) is 7.69. The van der Waals surface area contributed by atoms with E-state index in [9.17, 15) is 4.79 Å². The molecule has 130 valence electrons. The van der Waals surface area contributed by atoms with Crippen LogP contribution in [0.4, 0.5) is 4.79 Å². The number of amides is 2. The molecule has 0 saturated heterocycles. The minimum Gasteiger partial charge on any atom is -0.371 e. The van der Waals surface area contributed by atoms with Gasteiger partial charge in [0.15, 0.2) is 0 Å². The summed E-state index contributed by atoms with van der Waals surface area (Å²) in [5.41, 5.74) is 2.03. The van der Waals surface area contributed by atoms with E-state index in [2.05, 4.69) is 22.8 Å². The number of urea groups is 1. The number of ether oxygens (including phenoxy) is 1. The van der Waals surface area contributed by atoms with Gasteiger partial charge < -0.3 is 15.4 Å². The quantitative estimate of drug-likeness (QED) is 0.793. The monoisotopic (exact) mass is 346 g/mol. The number of hydrogen-bond donors (Lipinski definition) is 2. The summed E-state index contributed by atoms with van der Waals surface area (Å²) in [5.74, 6) is 0. The van der Waals surface area contributed by atoms with Gasteiger partial charge in [-0.05, 0) is 49.8 Å². The van der Waals surface area contributed by atoms with Crippen molar-refractivity contribution in [2.24, 2.45) is 0 Å². The van der Waals surface area contributed by atoms with Crippen molar-refractivity contribution in [3.8, 4) is 0 Å². The molecule has 0 fully saturated rings. The van der Waals surface area contributed by atoms with Crippen LogP contribution in [-0.2, 0) is 24.3 Å². The van der Waals surface area contributed by atoms with E-state index >= 15 is 0 Å². The average Bonchev–Trinajstić information content (AvgIpc) is 3.04. The molecule has 0 unspecified atom stereocenters. The summed E-state index contributed by atoms with van der Waals surface area (Å²) in [4.78, 5) is 13.1. The van der Waals surface area contributed by atoms with Gasteiger partial charge in [0.1, 0.15) is 0 Å². The van der Waals surface area contributed by atoms with E-state index in [0.29, 0.717) is 19.7 Å². The fourth-order valence-electron chi connectivity index (χ4n) is 2.13. The highest BCUT2D eigenvalue weighted by Crippen LogP contribution is 2.13. The number of carbonyl (C=O) groups excluding carboxylic acids is 1. The van der Waals surface area contributed by atoms with Crippen molar-refractivity contribution >= 4 is 17.4 Å². The Morgan fingerprint density at radius 3 is 2.62 bits per heavy atom. The highest BCUT2D eigenvalue weighted by molar-refractivity contribution is 7.09. The van der Waals surface area contributed by atoms with Crippen LogP contribution in [0.3, 0.4) is 0 Å². The van der Waals surface area contributed by atoms with E-state index in [1.807, 2.05) is 50.4 Å². The van der Waals surface area contributed by atoms with E-state index in [-0.39, 0.29) is 11.6 Å². The highest BCUT2D eigenvalue weighted by Gasteiger charge is 2.10. The van der Waals surface area contributed by atoms with Gasteiger partial charge in [-0.15, -0.1) is 11.3 Å². The largest absolute Gasteiger partial charge is 0.371 e. The normalized spacial score (nSPS) is 11.3. The number of thiophene rings is 1. The number of benzene rings is 1. The number of nitrogens with one attached hydrogen (secondary N) is 2. The van der Waals surface area contributed by atoms with Gasteiger partial charge in [-0.2, -0.15) is 0 Å². The molecule has 0 radical (unpaired) electrons. The van der Waals surface area contributed by atoms with Crippen molar-refractivity contribution in [2.75, 3.05) is 6.54 Å². The number of rotatable bonds is 7. The lowest BCUT2D eigenvalue weighted by molar-refractivity contribution is -0.0149. The molecular formula is C19H26N2O2S. The molecule has 0 atom stereocenters. The number of hydrogen-bond acceptors (Lipinski definition) is 3. The summed E-state index contributed by atoms with van der Waals surface area (Å²) in [6.07, 6.45) is 0.866. The lowest BCUT2D eigenvalue weighted by Gasteiger charge is -2.19. The van der Waals surface area contributed by atoms with Crippen molar-refractivity contribution < 1.29 is 9.53 Å². The van der Waals surface area contributed by atoms with Gasteiger partial charge in [0, 0.05) is 18.0 Å². The van der Waals surface area contributed by atoms with Crippen LogP contribution in [0, 0.1) is 0 Å². The Balaban J connectivity index is 1.71. The van der Waals surface area contributed by atoms with Crippen LogP contribution in [-0.4, -0.2) is 18.2 Å². The van der Waals surface area contributed by atoms with E-state index in [4.69, 9.17) is 4.74 Å². The Morgan fingerprint density at radius 1 is 1.12 bits per heavy atom. The minimum absolute atomic E-state index is 0.136. The molecule has 2 amide bonds. The smallest absolute Gasteiger partial charge is 0.315 e. The summed E-state index contributed by atoms with van der Waals surface area (Å²) in [7, 11) is 0. The zero-order valence-corrected chi connectivity index (χ0v) is 15.4. The van der Waals surface area contributed by atoms with Gasteiger partial charge in [-0.25, -0.2) is 4.79 Å². The van der Waals surface area contributed by atoms with Crippen molar-refractivity contribution in [1.29, 1.82) is 0 Å². The maximum atomic E-state index is 11.8. The zero-order valence-electron chi connectivity index (χ0n) is 14.6. The second kappa shape index (κ2) is 8.85. The lowest BCUT2D eigenvalue weighted by atomic mass is 10.1. The standard InChI is InChI=1S/C19H26N2O2S/c1-19(2,3)23-14-16-7-4-6-15(12-16)13-21-18(22)20-10-9-17-8-5-11-24-17/h4-8,11-12H,9-10,13-14H2,1-3H3,(H2,20,21,22). The zero-order chi connectivity index (χ0) is 17.4. The summed E-state index contributed by atoms with van der Waals surface area (Å²) in [6, 6.07) is 12.1. The first-order valence-corrected chi connectivity index (χ1v) is 9.06. The van der Waals surface area contributed by atoms with E-state index in [0.717, 1.165) is 17.5 Å². The predicted octanol–water partition coefficient (Wildman–Crippen LogP) is 4.11. The molecule has 1 aromatic carbocycles. The number of carbonyl (C=O) groups is 1. The van der Waals surface area contributed by atoms with Crippen LogP contribution in [0.25, 0.3) is 0 Å². The fraction of sp³-hybridized carbons (Fsp3) is 0.421. The first-order chi connectivity index (χ1) is 11.4. The Morgan fingerprint density at radius 2 is 1.92 bits per heavy atom. The molecule has 2 aromatic rings. The molecule has 2 N–H and O–H groups in total. The molecular weight excluding hydrogens is 320 g/mol. The molecule has 5 heteroatoms. The Bertz CT molecular complexity index is 633. The van der Waals surface area contributed by atoms with Gasteiger partial charge >= 0.3 is 6.03 Å². The molecule has 0 aliphatic carbocycles. The molecule has 4 nitrogen and oxygen atoms in total. The predicted molar refractivity (Wildman–Crippen MR) is 99.2 cm³/mol. The summed E-state index contributed by atoms with van der Waals surface area (Å²) >= 11 is 1.71. The first-order valence-electron chi connectivity index (χ1n) is 8.18. The van der Waals surface area contributed by atoms with Crippen molar-refractivity contribution in [1.82, 2.24) is 10.6 Å². The van der Waals surface area contributed by atoms with Gasteiger partial charge in [0.2, 0.25) is 0 Å². The van der Waals surface area contributed by atoms with Crippen LogP contribution < -0.4 is 10.6 Å². The van der Waals surface area contributed by atoms with Gasteiger partial charge in [0.05, 0.1) is 12.2 Å². The fourth-order valence-corrected chi connectivity index (χ4v) is 2.84. The van der Waals surface area contributed by atoms with Crippen molar-refractivity contribution in [3.63, 3.8) is 0 Å². The first kappa shape index (κ1) is 18.5. The van der Waals surface area contributed by atoms with Crippen LogP contribution >= 0.6 is 11.3 Å². The van der Waals surface area contributed by atoms with Crippen molar-refractivity contribution in [3.05, 3.63) is 57.8 Å². The molecule has 0 spiro atoms.